The number of carboxylic acid groups (broad SMARTS) is 1. The van der Waals surface area contributed by atoms with E-state index < -0.39 is 17.5 Å². The third kappa shape index (κ3) is 3.62. The molecule has 2 aromatic carbocycles. The second-order valence-electron chi connectivity index (χ2n) is 6.83. The van der Waals surface area contributed by atoms with Crippen molar-refractivity contribution in [3.05, 3.63) is 63.1 Å². The van der Waals surface area contributed by atoms with Gasteiger partial charge in [0.05, 0.1) is 16.3 Å². The number of rotatable bonds is 7. The van der Waals surface area contributed by atoms with Crippen molar-refractivity contribution in [2.75, 3.05) is 31.1 Å². The zero-order valence-electron chi connectivity index (χ0n) is 16.2. The largest absolute Gasteiger partial charge is 0.478 e. The summed E-state index contributed by atoms with van der Waals surface area (Å²) in [6.45, 7) is 6.48. The Hall–Kier alpha value is -2.12. The molecule has 0 spiro atoms. The van der Waals surface area contributed by atoms with Gasteiger partial charge in [0, 0.05) is 29.2 Å². The number of fused-ring (bicyclic) bond motifs is 1. The van der Waals surface area contributed by atoms with E-state index in [2.05, 4.69) is 4.90 Å². The van der Waals surface area contributed by atoms with Gasteiger partial charge in [-0.15, -0.1) is 0 Å². The van der Waals surface area contributed by atoms with Crippen LogP contribution in [0.3, 0.4) is 0 Å². The van der Waals surface area contributed by atoms with Crippen LogP contribution in [0.2, 0.25) is 10.0 Å². The van der Waals surface area contributed by atoms with Crippen LogP contribution in [-0.2, 0) is 10.4 Å². The minimum Gasteiger partial charge on any atom is -0.478 e. The van der Waals surface area contributed by atoms with Gasteiger partial charge in [-0.1, -0.05) is 55.2 Å². The molecule has 0 radical (unpaired) electrons. The maximum atomic E-state index is 13.5. The standard InChI is InChI=1S/C21H22Cl2N2O4/c1-3-24(4-2)9-10-25-17-12-13(19(26)27)11-16(23)18(17)21(29,20(25)28)14-7-5-6-8-15(14)22/h5-8,11-12,29H,3-4,9-10H2,1-2H3,(H,26,27). The van der Waals surface area contributed by atoms with Gasteiger partial charge in [0.1, 0.15) is 0 Å². The molecule has 1 aliphatic rings. The number of aliphatic hydroxyl groups is 1. The van der Waals surface area contributed by atoms with Gasteiger partial charge in [0.25, 0.3) is 5.91 Å². The van der Waals surface area contributed by atoms with Crippen molar-refractivity contribution in [1.29, 1.82) is 0 Å². The number of anilines is 1. The van der Waals surface area contributed by atoms with E-state index in [4.69, 9.17) is 23.2 Å². The Bertz CT molecular complexity index is 962. The smallest absolute Gasteiger partial charge is 0.335 e. The van der Waals surface area contributed by atoms with E-state index in [-0.39, 0.29) is 39.0 Å². The number of aromatic carboxylic acids is 1. The van der Waals surface area contributed by atoms with E-state index in [0.717, 1.165) is 13.1 Å². The number of hydrogen-bond donors (Lipinski definition) is 2. The van der Waals surface area contributed by atoms with Gasteiger partial charge in [-0.2, -0.15) is 0 Å². The highest BCUT2D eigenvalue weighted by molar-refractivity contribution is 6.35. The molecule has 0 bridgehead atoms. The van der Waals surface area contributed by atoms with E-state index in [1.54, 1.807) is 24.3 Å². The van der Waals surface area contributed by atoms with Crippen LogP contribution in [0.1, 0.15) is 35.3 Å². The van der Waals surface area contributed by atoms with E-state index >= 15 is 0 Å². The molecule has 3 rings (SSSR count). The van der Waals surface area contributed by atoms with Gasteiger partial charge in [0.2, 0.25) is 0 Å². The number of likely N-dealkylation sites (N-methyl/N-ethyl adjacent to an activating group) is 1. The molecule has 8 heteroatoms. The van der Waals surface area contributed by atoms with Crippen molar-refractivity contribution in [2.45, 2.75) is 19.4 Å². The normalized spacial score (nSPS) is 18.4. The van der Waals surface area contributed by atoms with E-state index in [9.17, 15) is 19.8 Å². The Balaban J connectivity index is 2.19. The lowest BCUT2D eigenvalue weighted by atomic mass is 9.87. The first-order valence-electron chi connectivity index (χ1n) is 9.34. The molecule has 0 saturated heterocycles. The molecule has 1 heterocycles. The van der Waals surface area contributed by atoms with Crippen LogP contribution in [0.15, 0.2) is 36.4 Å². The Labute approximate surface area is 179 Å². The van der Waals surface area contributed by atoms with Crippen LogP contribution in [0.4, 0.5) is 5.69 Å². The Morgan fingerprint density at radius 1 is 1.14 bits per heavy atom. The van der Waals surface area contributed by atoms with Crippen LogP contribution in [0.25, 0.3) is 0 Å². The Kier molecular flexibility index (Phi) is 6.19. The molecular weight excluding hydrogens is 415 g/mol. The molecule has 154 valence electrons. The maximum absolute atomic E-state index is 13.5. The summed E-state index contributed by atoms with van der Waals surface area (Å²) in [5, 5.41) is 21.2. The highest BCUT2D eigenvalue weighted by Crippen LogP contribution is 2.49. The van der Waals surface area contributed by atoms with Crippen LogP contribution >= 0.6 is 23.2 Å². The van der Waals surface area contributed by atoms with Crippen molar-refractivity contribution >= 4 is 40.8 Å². The number of carbonyl (C=O) groups is 2. The second-order valence-corrected chi connectivity index (χ2v) is 7.65. The number of carbonyl (C=O) groups excluding carboxylic acids is 1. The van der Waals surface area contributed by atoms with Crippen molar-refractivity contribution < 1.29 is 19.8 Å². The SMILES string of the molecule is CCN(CC)CCN1C(=O)C(O)(c2ccccc2Cl)c2c(Cl)cc(C(=O)O)cc21. The number of carboxylic acids is 1. The third-order valence-electron chi connectivity index (χ3n) is 5.32. The van der Waals surface area contributed by atoms with Gasteiger partial charge in [0.15, 0.2) is 5.60 Å². The summed E-state index contributed by atoms with van der Waals surface area (Å²) in [6, 6.07) is 9.14. The van der Waals surface area contributed by atoms with Crippen molar-refractivity contribution in [3.63, 3.8) is 0 Å². The predicted molar refractivity (Wildman–Crippen MR) is 113 cm³/mol. The van der Waals surface area contributed by atoms with E-state index in [1.165, 1.54) is 17.0 Å². The molecule has 0 saturated carbocycles. The molecule has 1 unspecified atom stereocenters. The van der Waals surface area contributed by atoms with Crippen molar-refractivity contribution in [1.82, 2.24) is 4.90 Å². The number of hydrogen-bond acceptors (Lipinski definition) is 4. The first kappa shape index (κ1) is 21.6. The summed E-state index contributed by atoms with van der Waals surface area (Å²) in [5.41, 5.74) is -1.50. The van der Waals surface area contributed by atoms with E-state index in [1.807, 2.05) is 13.8 Å². The fourth-order valence-corrected chi connectivity index (χ4v) is 4.33. The Morgan fingerprint density at radius 3 is 2.38 bits per heavy atom. The van der Waals surface area contributed by atoms with Crippen molar-refractivity contribution in [2.24, 2.45) is 0 Å². The zero-order chi connectivity index (χ0) is 21.3. The predicted octanol–water partition coefficient (Wildman–Crippen LogP) is 3.62. The summed E-state index contributed by atoms with van der Waals surface area (Å²) >= 11 is 12.7. The second kappa shape index (κ2) is 8.32. The molecule has 2 aromatic rings. The van der Waals surface area contributed by atoms with Crippen LogP contribution < -0.4 is 4.90 Å². The molecule has 29 heavy (non-hydrogen) atoms. The number of halogens is 2. The van der Waals surface area contributed by atoms with Crippen LogP contribution in [0.5, 0.6) is 0 Å². The summed E-state index contributed by atoms with van der Waals surface area (Å²) in [7, 11) is 0. The first-order chi connectivity index (χ1) is 13.7. The fraction of sp³-hybridized carbons (Fsp3) is 0.333. The lowest BCUT2D eigenvalue weighted by molar-refractivity contribution is -0.132. The lowest BCUT2D eigenvalue weighted by Gasteiger charge is -2.26. The molecule has 0 aromatic heterocycles. The van der Waals surface area contributed by atoms with Gasteiger partial charge in [-0.3, -0.25) is 4.79 Å². The summed E-state index contributed by atoms with van der Waals surface area (Å²) in [5.74, 6) is -1.77. The minimum atomic E-state index is -2.09. The quantitative estimate of drug-likeness (QED) is 0.692. The summed E-state index contributed by atoms with van der Waals surface area (Å²) in [6.07, 6.45) is 0. The zero-order valence-corrected chi connectivity index (χ0v) is 17.7. The molecular formula is C21H22Cl2N2O4. The molecule has 1 atom stereocenters. The summed E-state index contributed by atoms with van der Waals surface area (Å²) < 4.78 is 0. The molecule has 0 fully saturated rings. The minimum absolute atomic E-state index is 0.000934. The number of benzene rings is 2. The average molecular weight is 437 g/mol. The number of nitrogens with zero attached hydrogens (tertiary/aromatic N) is 2. The van der Waals surface area contributed by atoms with Gasteiger partial charge in [-0.05, 0) is 31.3 Å². The van der Waals surface area contributed by atoms with Gasteiger partial charge in [-0.25, -0.2) is 4.79 Å². The monoisotopic (exact) mass is 436 g/mol. The molecule has 6 nitrogen and oxygen atoms in total. The average Bonchev–Trinajstić information content (AvgIpc) is 2.91. The highest BCUT2D eigenvalue weighted by Gasteiger charge is 2.53. The topological polar surface area (TPSA) is 81.1 Å². The lowest BCUT2D eigenvalue weighted by Crippen LogP contribution is -2.44. The molecule has 2 N–H and O–H groups in total. The molecule has 1 amide bonds. The van der Waals surface area contributed by atoms with Crippen molar-refractivity contribution in [3.8, 4) is 0 Å². The van der Waals surface area contributed by atoms with Gasteiger partial charge >= 0.3 is 5.97 Å². The Morgan fingerprint density at radius 2 is 1.79 bits per heavy atom. The molecule has 1 aliphatic heterocycles. The maximum Gasteiger partial charge on any atom is 0.335 e. The van der Waals surface area contributed by atoms with E-state index in [0.29, 0.717) is 6.54 Å². The van der Waals surface area contributed by atoms with Crippen LogP contribution in [0, 0.1) is 0 Å². The van der Waals surface area contributed by atoms with Crippen LogP contribution in [-0.4, -0.2) is 53.2 Å². The number of amides is 1. The van der Waals surface area contributed by atoms with Gasteiger partial charge < -0.3 is 20.0 Å². The molecule has 0 aliphatic carbocycles. The third-order valence-corrected chi connectivity index (χ3v) is 5.95. The summed E-state index contributed by atoms with van der Waals surface area (Å²) in [4.78, 5) is 28.5. The first-order valence-corrected chi connectivity index (χ1v) is 10.1. The fourth-order valence-electron chi connectivity index (χ4n) is 3.71. The highest BCUT2D eigenvalue weighted by atomic mass is 35.5.